The first kappa shape index (κ1) is 16.7. The van der Waals surface area contributed by atoms with Gasteiger partial charge < -0.3 is 16.3 Å². The number of rotatable bonds is 3. The molecule has 0 fully saturated rings. The number of nitrogens with one attached hydrogen (secondary N) is 1. The van der Waals surface area contributed by atoms with E-state index in [0.29, 0.717) is 16.8 Å². The number of phenolic OH excluding ortho intramolecular Hbond substituents is 1. The highest BCUT2D eigenvalue weighted by Crippen LogP contribution is 2.19. The number of phenols is 1. The Morgan fingerprint density at radius 1 is 1.24 bits per heavy atom. The standard InChI is InChI=1S/C14H12BrN3O2.H2O/c15-11-3-6-13(19)10(7-11)8-17-18-14(20)9-1-4-12(16)5-2-9;/h1-8,19H,16H2,(H,18,20);1H2/b17-8+;. The number of aromatic hydroxyl groups is 1. The number of nitrogens with two attached hydrogens (primary N) is 1. The van der Waals surface area contributed by atoms with Crippen LogP contribution in [-0.2, 0) is 0 Å². The largest absolute Gasteiger partial charge is 0.507 e. The molecule has 0 aliphatic carbocycles. The number of carbonyl (C=O) groups excluding carboxylic acids is 1. The van der Waals surface area contributed by atoms with Gasteiger partial charge in [0, 0.05) is 21.3 Å². The minimum absolute atomic E-state index is 0. The van der Waals surface area contributed by atoms with Gasteiger partial charge in [0.05, 0.1) is 6.21 Å². The van der Waals surface area contributed by atoms with Gasteiger partial charge in [-0.25, -0.2) is 5.43 Å². The van der Waals surface area contributed by atoms with Crippen LogP contribution in [0.15, 0.2) is 52.0 Å². The van der Waals surface area contributed by atoms with Crippen molar-refractivity contribution in [1.29, 1.82) is 0 Å². The molecule has 0 atom stereocenters. The second kappa shape index (κ2) is 7.41. The number of halogens is 1. The summed E-state index contributed by atoms with van der Waals surface area (Å²) in [5.41, 5.74) is 9.45. The van der Waals surface area contributed by atoms with E-state index in [4.69, 9.17) is 5.73 Å². The molecule has 0 aliphatic heterocycles. The Kier molecular flexibility index (Phi) is 5.89. The molecule has 110 valence electrons. The quantitative estimate of drug-likeness (QED) is 0.443. The van der Waals surface area contributed by atoms with Gasteiger partial charge in [-0.05, 0) is 42.5 Å². The number of hydrazone groups is 1. The first-order valence-corrected chi connectivity index (χ1v) is 6.53. The van der Waals surface area contributed by atoms with Crippen LogP contribution in [0.5, 0.6) is 5.75 Å². The lowest BCUT2D eigenvalue weighted by molar-refractivity contribution is 0.0955. The summed E-state index contributed by atoms with van der Waals surface area (Å²) in [5.74, 6) is -0.269. The molecule has 7 heteroatoms. The van der Waals surface area contributed by atoms with Gasteiger partial charge in [-0.3, -0.25) is 4.79 Å². The third-order valence-corrected chi connectivity index (χ3v) is 3.03. The monoisotopic (exact) mass is 351 g/mol. The van der Waals surface area contributed by atoms with Crippen molar-refractivity contribution in [2.75, 3.05) is 5.73 Å². The number of carbonyl (C=O) groups is 1. The Morgan fingerprint density at radius 3 is 2.57 bits per heavy atom. The van der Waals surface area contributed by atoms with Crippen molar-refractivity contribution in [3.05, 3.63) is 58.1 Å². The molecular formula is C14H14BrN3O3. The predicted molar refractivity (Wildman–Crippen MR) is 85.3 cm³/mol. The van der Waals surface area contributed by atoms with Gasteiger partial charge in [0.2, 0.25) is 0 Å². The van der Waals surface area contributed by atoms with Gasteiger partial charge in [-0.2, -0.15) is 5.10 Å². The zero-order valence-corrected chi connectivity index (χ0v) is 12.5. The maximum absolute atomic E-state index is 11.8. The molecule has 2 aromatic rings. The summed E-state index contributed by atoms with van der Waals surface area (Å²) in [6, 6.07) is 11.4. The normalized spacial score (nSPS) is 10.1. The van der Waals surface area contributed by atoms with Crippen LogP contribution in [0.4, 0.5) is 5.69 Å². The van der Waals surface area contributed by atoms with Crippen molar-refractivity contribution in [3.8, 4) is 5.75 Å². The van der Waals surface area contributed by atoms with E-state index in [1.807, 2.05) is 0 Å². The Bertz CT molecular complexity index is 657. The molecular weight excluding hydrogens is 338 g/mol. The van der Waals surface area contributed by atoms with Gasteiger partial charge in [0.25, 0.3) is 5.91 Å². The zero-order chi connectivity index (χ0) is 14.5. The first-order valence-electron chi connectivity index (χ1n) is 5.74. The van der Waals surface area contributed by atoms with Gasteiger partial charge in [0.15, 0.2) is 0 Å². The van der Waals surface area contributed by atoms with E-state index in [0.717, 1.165) is 4.47 Å². The van der Waals surface area contributed by atoms with Gasteiger partial charge >= 0.3 is 0 Å². The smallest absolute Gasteiger partial charge is 0.271 e. The fourth-order valence-corrected chi connectivity index (χ4v) is 1.87. The zero-order valence-electron chi connectivity index (χ0n) is 10.9. The van der Waals surface area contributed by atoms with Gasteiger partial charge in [-0.15, -0.1) is 0 Å². The number of amides is 1. The second-order valence-corrected chi connectivity index (χ2v) is 4.94. The summed E-state index contributed by atoms with van der Waals surface area (Å²) in [6.45, 7) is 0. The van der Waals surface area contributed by atoms with Crippen molar-refractivity contribution in [3.63, 3.8) is 0 Å². The third kappa shape index (κ3) is 4.59. The summed E-state index contributed by atoms with van der Waals surface area (Å²) >= 11 is 3.29. The molecule has 0 spiro atoms. The van der Waals surface area contributed by atoms with Crippen LogP contribution in [0.25, 0.3) is 0 Å². The number of hydrogen-bond donors (Lipinski definition) is 3. The Morgan fingerprint density at radius 2 is 1.90 bits per heavy atom. The lowest BCUT2D eigenvalue weighted by atomic mass is 10.2. The molecule has 6 N–H and O–H groups in total. The molecule has 0 bridgehead atoms. The average molecular weight is 352 g/mol. The number of anilines is 1. The van der Waals surface area contributed by atoms with Crippen molar-refractivity contribution in [2.24, 2.45) is 5.10 Å². The molecule has 0 aromatic heterocycles. The molecule has 21 heavy (non-hydrogen) atoms. The fourth-order valence-electron chi connectivity index (χ4n) is 1.49. The average Bonchev–Trinajstić information content (AvgIpc) is 2.43. The third-order valence-electron chi connectivity index (χ3n) is 2.53. The van der Waals surface area contributed by atoms with Crippen LogP contribution in [0, 0.1) is 0 Å². The molecule has 6 nitrogen and oxygen atoms in total. The molecule has 0 heterocycles. The highest BCUT2D eigenvalue weighted by Gasteiger charge is 2.03. The van der Waals surface area contributed by atoms with Crippen LogP contribution in [0.3, 0.4) is 0 Å². The molecule has 0 radical (unpaired) electrons. The lowest BCUT2D eigenvalue weighted by Crippen LogP contribution is -2.17. The Hall–Kier alpha value is -2.38. The molecule has 0 aliphatic rings. The number of hydrogen-bond acceptors (Lipinski definition) is 4. The van der Waals surface area contributed by atoms with E-state index in [1.54, 1.807) is 36.4 Å². The van der Waals surface area contributed by atoms with Crippen LogP contribution in [0.2, 0.25) is 0 Å². The predicted octanol–water partition coefficient (Wildman–Crippen LogP) is 1.68. The first-order chi connectivity index (χ1) is 9.56. The fraction of sp³-hybridized carbons (Fsp3) is 0. The maximum atomic E-state index is 11.8. The number of nitrogen functional groups attached to an aromatic ring is 1. The van der Waals surface area contributed by atoms with Crippen molar-refractivity contribution in [1.82, 2.24) is 5.43 Å². The Labute approximate surface area is 129 Å². The second-order valence-electron chi connectivity index (χ2n) is 4.02. The molecule has 0 saturated carbocycles. The van der Waals surface area contributed by atoms with Crippen LogP contribution in [-0.4, -0.2) is 22.7 Å². The maximum Gasteiger partial charge on any atom is 0.271 e. The number of nitrogens with zero attached hydrogens (tertiary/aromatic N) is 1. The minimum atomic E-state index is -0.351. The highest BCUT2D eigenvalue weighted by atomic mass is 79.9. The van der Waals surface area contributed by atoms with E-state index < -0.39 is 0 Å². The van der Waals surface area contributed by atoms with Crippen molar-refractivity contribution >= 4 is 33.7 Å². The Balaban J connectivity index is 0.00000220. The van der Waals surface area contributed by atoms with Crippen LogP contribution < -0.4 is 11.2 Å². The van der Waals surface area contributed by atoms with Gasteiger partial charge in [-0.1, -0.05) is 15.9 Å². The van der Waals surface area contributed by atoms with E-state index >= 15 is 0 Å². The van der Waals surface area contributed by atoms with E-state index in [9.17, 15) is 9.90 Å². The van der Waals surface area contributed by atoms with Crippen LogP contribution in [0.1, 0.15) is 15.9 Å². The molecule has 0 saturated heterocycles. The van der Waals surface area contributed by atoms with Crippen molar-refractivity contribution < 1.29 is 15.4 Å². The SMILES string of the molecule is Nc1ccc(C(=O)N/N=C/c2cc(Br)ccc2O)cc1.O. The summed E-state index contributed by atoms with van der Waals surface area (Å²) in [5, 5.41) is 13.4. The number of benzene rings is 2. The van der Waals surface area contributed by atoms with E-state index in [-0.39, 0.29) is 17.1 Å². The molecule has 0 unspecified atom stereocenters. The highest BCUT2D eigenvalue weighted by molar-refractivity contribution is 9.10. The summed E-state index contributed by atoms with van der Waals surface area (Å²) in [6.07, 6.45) is 1.37. The minimum Gasteiger partial charge on any atom is -0.507 e. The summed E-state index contributed by atoms with van der Waals surface area (Å²) < 4.78 is 0.807. The van der Waals surface area contributed by atoms with Crippen LogP contribution >= 0.6 is 15.9 Å². The lowest BCUT2D eigenvalue weighted by Gasteiger charge is -2.01. The summed E-state index contributed by atoms with van der Waals surface area (Å²) in [7, 11) is 0. The molecule has 2 aromatic carbocycles. The molecule has 1 amide bonds. The molecule has 2 rings (SSSR count). The topological polar surface area (TPSA) is 119 Å². The van der Waals surface area contributed by atoms with E-state index in [1.165, 1.54) is 12.3 Å². The summed E-state index contributed by atoms with van der Waals surface area (Å²) in [4.78, 5) is 11.8. The van der Waals surface area contributed by atoms with E-state index in [2.05, 4.69) is 26.5 Å². The van der Waals surface area contributed by atoms with Gasteiger partial charge in [0.1, 0.15) is 5.75 Å². The van der Waals surface area contributed by atoms with Crippen molar-refractivity contribution in [2.45, 2.75) is 0 Å².